The van der Waals surface area contributed by atoms with Gasteiger partial charge < -0.3 is 5.32 Å². The quantitative estimate of drug-likeness (QED) is 0.524. The molecule has 0 amide bonds. The summed E-state index contributed by atoms with van der Waals surface area (Å²) in [4.78, 5) is 0. The van der Waals surface area contributed by atoms with Gasteiger partial charge in [0.25, 0.3) is 0 Å². The van der Waals surface area contributed by atoms with Crippen LogP contribution in [-0.4, -0.2) is 16.8 Å². The molecule has 0 spiro atoms. The molecule has 15 heavy (non-hydrogen) atoms. The molecule has 0 radical (unpaired) electrons. The molecular formula is C12H21N3. The van der Waals surface area contributed by atoms with Gasteiger partial charge in [-0.05, 0) is 32.4 Å². The summed E-state index contributed by atoms with van der Waals surface area (Å²) < 4.78 is 2.09. The lowest BCUT2D eigenvalue weighted by atomic mass is 10.2. The summed E-state index contributed by atoms with van der Waals surface area (Å²) in [5.74, 6) is 0. The Morgan fingerprint density at radius 3 is 3.07 bits per heavy atom. The van der Waals surface area contributed by atoms with Gasteiger partial charge in [0.05, 0.1) is 5.69 Å². The lowest BCUT2D eigenvalue weighted by Crippen LogP contribution is -2.12. The van der Waals surface area contributed by atoms with Crippen LogP contribution in [0.5, 0.6) is 0 Å². The van der Waals surface area contributed by atoms with Crippen molar-refractivity contribution in [1.82, 2.24) is 15.1 Å². The topological polar surface area (TPSA) is 29.9 Å². The lowest BCUT2D eigenvalue weighted by Gasteiger charge is -2.06. The molecule has 0 fully saturated rings. The zero-order valence-electron chi connectivity index (χ0n) is 9.58. The van der Waals surface area contributed by atoms with Gasteiger partial charge in [-0.3, -0.25) is 4.68 Å². The van der Waals surface area contributed by atoms with E-state index in [1.54, 1.807) is 0 Å². The fourth-order valence-corrected chi connectivity index (χ4v) is 1.62. The van der Waals surface area contributed by atoms with Gasteiger partial charge in [0.2, 0.25) is 0 Å². The van der Waals surface area contributed by atoms with Crippen LogP contribution in [0.25, 0.3) is 0 Å². The van der Waals surface area contributed by atoms with E-state index < -0.39 is 0 Å². The van der Waals surface area contributed by atoms with E-state index >= 15 is 0 Å². The molecule has 1 aromatic heterocycles. The van der Waals surface area contributed by atoms with Crippen LogP contribution in [0, 0.1) is 0 Å². The summed E-state index contributed by atoms with van der Waals surface area (Å²) in [6.07, 6.45) is 8.68. The Morgan fingerprint density at radius 2 is 2.33 bits per heavy atom. The number of unbranched alkanes of at least 4 members (excludes halogenated alkanes) is 3. The van der Waals surface area contributed by atoms with Crippen molar-refractivity contribution < 1.29 is 0 Å². The van der Waals surface area contributed by atoms with Crippen LogP contribution in [0.4, 0.5) is 0 Å². The van der Waals surface area contributed by atoms with Crippen molar-refractivity contribution in [2.24, 2.45) is 0 Å². The minimum absolute atomic E-state index is 0.895. The maximum Gasteiger partial charge on any atom is 0.0521 e. The highest BCUT2D eigenvalue weighted by Crippen LogP contribution is 2.05. The van der Waals surface area contributed by atoms with E-state index in [1.807, 2.05) is 19.3 Å². The van der Waals surface area contributed by atoms with Crippen LogP contribution in [0.3, 0.4) is 0 Å². The molecule has 1 N–H and O–H groups in total. The van der Waals surface area contributed by atoms with Gasteiger partial charge in [-0.1, -0.05) is 12.5 Å². The van der Waals surface area contributed by atoms with Crippen LogP contribution in [0.1, 0.15) is 31.4 Å². The second kappa shape index (κ2) is 7.23. The van der Waals surface area contributed by atoms with E-state index in [0.717, 1.165) is 19.5 Å². The average Bonchev–Trinajstić information content (AvgIpc) is 2.66. The van der Waals surface area contributed by atoms with Crippen molar-refractivity contribution in [2.75, 3.05) is 7.05 Å². The fourth-order valence-electron chi connectivity index (χ4n) is 1.62. The predicted octanol–water partition coefficient (Wildman–Crippen LogP) is 2.35. The van der Waals surface area contributed by atoms with Crippen molar-refractivity contribution in [3.05, 3.63) is 30.6 Å². The van der Waals surface area contributed by atoms with Crippen LogP contribution in [0.15, 0.2) is 24.9 Å². The molecule has 0 atom stereocenters. The van der Waals surface area contributed by atoms with Crippen molar-refractivity contribution in [3.63, 3.8) is 0 Å². The third-order valence-corrected chi connectivity index (χ3v) is 2.44. The second-order valence-corrected chi connectivity index (χ2v) is 3.71. The number of hydrogen-bond acceptors (Lipinski definition) is 2. The predicted molar refractivity (Wildman–Crippen MR) is 63.7 cm³/mol. The number of aryl methyl sites for hydroxylation is 1. The lowest BCUT2D eigenvalue weighted by molar-refractivity contribution is 0.521. The zero-order chi connectivity index (χ0) is 10.9. The van der Waals surface area contributed by atoms with Crippen LogP contribution >= 0.6 is 0 Å². The molecule has 1 heterocycles. The van der Waals surface area contributed by atoms with Crippen molar-refractivity contribution in [1.29, 1.82) is 0 Å². The molecular weight excluding hydrogens is 186 g/mol. The van der Waals surface area contributed by atoms with E-state index in [1.165, 1.54) is 25.0 Å². The number of hydrogen-bond donors (Lipinski definition) is 1. The Balaban J connectivity index is 2.24. The second-order valence-electron chi connectivity index (χ2n) is 3.71. The molecule has 0 aromatic carbocycles. The first-order chi connectivity index (χ1) is 7.38. The minimum atomic E-state index is 0.895. The maximum atomic E-state index is 4.31. The molecule has 0 aliphatic heterocycles. The Hall–Kier alpha value is -1.09. The average molecular weight is 207 g/mol. The van der Waals surface area contributed by atoms with E-state index in [2.05, 4.69) is 27.7 Å². The van der Waals surface area contributed by atoms with Crippen molar-refractivity contribution in [3.8, 4) is 0 Å². The summed E-state index contributed by atoms with van der Waals surface area (Å²) in [7, 11) is 1.96. The first kappa shape index (κ1) is 12.0. The Labute approximate surface area is 92.2 Å². The molecule has 0 bridgehead atoms. The van der Waals surface area contributed by atoms with E-state index in [4.69, 9.17) is 0 Å². The summed E-state index contributed by atoms with van der Waals surface area (Å²) in [6, 6.07) is 2.07. The van der Waals surface area contributed by atoms with Crippen LogP contribution in [0.2, 0.25) is 0 Å². The molecule has 3 nitrogen and oxygen atoms in total. The molecule has 1 aromatic rings. The highest BCUT2D eigenvalue weighted by molar-refractivity contribution is 4.99. The van der Waals surface area contributed by atoms with E-state index in [0.29, 0.717) is 0 Å². The minimum Gasteiger partial charge on any atom is -0.314 e. The summed E-state index contributed by atoms with van der Waals surface area (Å²) in [5.41, 5.74) is 1.27. The normalized spacial score (nSPS) is 10.5. The Morgan fingerprint density at radius 1 is 1.47 bits per heavy atom. The highest BCUT2D eigenvalue weighted by Gasteiger charge is 1.99. The SMILES string of the molecule is C=CCCCCCn1nccc1CNC. The summed E-state index contributed by atoms with van der Waals surface area (Å²) >= 11 is 0. The Bertz CT molecular complexity index is 278. The molecule has 0 saturated carbocycles. The first-order valence-electron chi connectivity index (χ1n) is 5.64. The molecule has 0 aliphatic carbocycles. The number of rotatable bonds is 8. The number of aromatic nitrogens is 2. The molecule has 3 heteroatoms. The monoisotopic (exact) mass is 207 g/mol. The van der Waals surface area contributed by atoms with Gasteiger partial charge in [-0.15, -0.1) is 6.58 Å². The smallest absolute Gasteiger partial charge is 0.0521 e. The van der Waals surface area contributed by atoms with Gasteiger partial charge in [0, 0.05) is 19.3 Å². The van der Waals surface area contributed by atoms with Gasteiger partial charge in [0.15, 0.2) is 0 Å². The van der Waals surface area contributed by atoms with Crippen LogP contribution < -0.4 is 5.32 Å². The van der Waals surface area contributed by atoms with Crippen molar-refractivity contribution >= 4 is 0 Å². The summed E-state index contributed by atoms with van der Waals surface area (Å²) in [6.45, 7) is 5.65. The molecule has 0 saturated heterocycles. The molecule has 0 unspecified atom stereocenters. The third-order valence-electron chi connectivity index (χ3n) is 2.44. The largest absolute Gasteiger partial charge is 0.314 e. The van der Waals surface area contributed by atoms with Gasteiger partial charge in [-0.25, -0.2) is 0 Å². The molecule has 0 aliphatic rings. The summed E-state index contributed by atoms with van der Waals surface area (Å²) in [5, 5.41) is 7.46. The zero-order valence-corrected chi connectivity index (χ0v) is 9.58. The molecule has 1 rings (SSSR count). The standard InChI is InChI=1S/C12H21N3/c1-3-4-5-6-7-10-15-12(11-13-2)8-9-14-15/h3,8-9,13H,1,4-7,10-11H2,2H3. The van der Waals surface area contributed by atoms with Gasteiger partial charge in [-0.2, -0.15) is 5.10 Å². The Kier molecular flexibility index (Phi) is 5.78. The van der Waals surface area contributed by atoms with Gasteiger partial charge >= 0.3 is 0 Å². The maximum absolute atomic E-state index is 4.31. The highest BCUT2D eigenvalue weighted by atomic mass is 15.3. The number of nitrogens with one attached hydrogen (secondary N) is 1. The van der Waals surface area contributed by atoms with E-state index in [-0.39, 0.29) is 0 Å². The number of nitrogens with zero attached hydrogens (tertiary/aromatic N) is 2. The van der Waals surface area contributed by atoms with E-state index in [9.17, 15) is 0 Å². The van der Waals surface area contributed by atoms with Gasteiger partial charge in [0.1, 0.15) is 0 Å². The first-order valence-corrected chi connectivity index (χ1v) is 5.64. The fraction of sp³-hybridized carbons (Fsp3) is 0.583. The van der Waals surface area contributed by atoms with Crippen molar-refractivity contribution in [2.45, 2.75) is 38.8 Å². The van der Waals surface area contributed by atoms with Crippen LogP contribution in [-0.2, 0) is 13.1 Å². The molecule has 84 valence electrons. The third kappa shape index (κ3) is 4.30. The number of allylic oxidation sites excluding steroid dienone is 1.